The van der Waals surface area contributed by atoms with Gasteiger partial charge in [0.05, 0.1) is 22.3 Å². The van der Waals surface area contributed by atoms with E-state index in [0.717, 1.165) is 51.9 Å². The van der Waals surface area contributed by atoms with Crippen molar-refractivity contribution in [2.24, 2.45) is 0 Å². The smallest absolute Gasteiger partial charge is 0.322 e. The van der Waals surface area contributed by atoms with E-state index >= 15 is 0 Å². The Morgan fingerprint density at radius 3 is 2.56 bits per heavy atom. The number of para-hydroxylation sites is 3. The lowest BCUT2D eigenvalue weighted by molar-refractivity contribution is -0.139. The van der Waals surface area contributed by atoms with Crippen LogP contribution in [0.1, 0.15) is 32.1 Å². The van der Waals surface area contributed by atoms with Crippen LogP contribution in [0, 0.1) is 0 Å². The third kappa shape index (κ3) is 3.28. The third-order valence-electron chi connectivity index (χ3n) is 6.55. The number of carbonyl (C=O) groups is 3. The fraction of sp³-hybridized carbons (Fsp3) is 0.292. The first-order valence-electron chi connectivity index (χ1n) is 11.3. The average molecular weight is 475 g/mol. The van der Waals surface area contributed by atoms with Crippen LogP contribution in [0.4, 0.5) is 4.79 Å². The van der Waals surface area contributed by atoms with Crippen molar-refractivity contribution in [3.8, 4) is 0 Å². The molecule has 0 bridgehead atoms. The van der Waals surface area contributed by atoms with Gasteiger partial charge in [-0.2, -0.15) is 5.01 Å². The van der Waals surface area contributed by atoms with Gasteiger partial charge in [-0.3, -0.25) is 19.4 Å². The van der Waals surface area contributed by atoms with Crippen LogP contribution >= 0.6 is 11.8 Å². The molecule has 1 saturated carbocycles. The summed E-state index contributed by atoms with van der Waals surface area (Å²) in [6.45, 7) is 0. The Morgan fingerprint density at radius 1 is 1.00 bits per heavy atom. The molecule has 2 aliphatic rings. The van der Waals surface area contributed by atoms with Gasteiger partial charge in [-0.05, 0) is 37.1 Å². The monoisotopic (exact) mass is 474 g/mol. The van der Waals surface area contributed by atoms with Crippen LogP contribution in [-0.4, -0.2) is 48.5 Å². The lowest BCUT2D eigenvalue weighted by Gasteiger charge is -2.30. The molecule has 2 fully saturated rings. The molecule has 2 aromatic heterocycles. The molecule has 1 aliphatic carbocycles. The van der Waals surface area contributed by atoms with Crippen molar-refractivity contribution in [1.82, 2.24) is 30.1 Å². The maximum Gasteiger partial charge on any atom is 0.344 e. The fourth-order valence-electron chi connectivity index (χ4n) is 4.91. The zero-order valence-corrected chi connectivity index (χ0v) is 19.1. The largest absolute Gasteiger partial charge is 0.344 e. The quantitative estimate of drug-likeness (QED) is 0.267. The summed E-state index contributed by atoms with van der Waals surface area (Å²) < 4.78 is 1.94. The number of nitrogens with zero attached hydrogens (tertiary/aromatic N) is 4. The van der Waals surface area contributed by atoms with E-state index in [4.69, 9.17) is 9.97 Å². The van der Waals surface area contributed by atoms with Crippen molar-refractivity contribution < 1.29 is 14.4 Å². The van der Waals surface area contributed by atoms with Crippen LogP contribution in [0.25, 0.3) is 27.6 Å². The highest BCUT2D eigenvalue weighted by Gasteiger charge is 2.52. The fourth-order valence-corrected chi connectivity index (χ4v) is 5.72. The molecular formula is C24H22N6O3S. The molecule has 2 aromatic carbocycles. The van der Waals surface area contributed by atoms with Gasteiger partial charge in [-0.1, -0.05) is 55.3 Å². The minimum Gasteiger partial charge on any atom is -0.322 e. The van der Waals surface area contributed by atoms with E-state index < -0.39 is 17.5 Å². The molecule has 4 amide bonds. The van der Waals surface area contributed by atoms with E-state index in [1.165, 1.54) is 11.8 Å². The minimum atomic E-state index is -0.877. The molecule has 9 nitrogen and oxygen atoms in total. The number of imidazole rings is 1. The van der Waals surface area contributed by atoms with E-state index in [-0.39, 0.29) is 11.7 Å². The number of hydrazine groups is 1. The maximum absolute atomic E-state index is 12.9. The van der Waals surface area contributed by atoms with Gasteiger partial charge in [0.2, 0.25) is 5.91 Å². The number of thioether (sulfide) groups is 1. The molecule has 1 aliphatic heterocycles. The molecule has 0 atom stereocenters. The van der Waals surface area contributed by atoms with Gasteiger partial charge < -0.3 is 5.32 Å². The van der Waals surface area contributed by atoms with Crippen molar-refractivity contribution in [2.75, 3.05) is 5.75 Å². The first-order chi connectivity index (χ1) is 16.6. The van der Waals surface area contributed by atoms with Crippen molar-refractivity contribution in [2.45, 2.75) is 42.8 Å². The van der Waals surface area contributed by atoms with Crippen LogP contribution in [0.2, 0.25) is 0 Å². The van der Waals surface area contributed by atoms with Crippen LogP contribution < -0.4 is 10.7 Å². The molecule has 0 unspecified atom stereocenters. The highest BCUT2D eigenvalue weighted by atomic mass is 32.2. The number of amides is 4. The number of nitrogens with one attached hydrogen (secondary N) is 2. The first kappa shape index (κ1) is 20.9. The number of urea groups is 1. The normalized spacial score (nSPS) is 17.7. The van der Waals surface area contributed by atoms with Gasteiger partial charge in [-0.25, -0.2) is 14.8 Å². The Balaban J connectivity index is 1.27. The minimum absolute atomic E-state index is 0.0169. The summed E-state index contributed by atoms with van der Waals surface area (Å²) in [5.74, 6) is -0.840. The van der Waals surface area contributed by atoms with Crippen molar-refractivity contribution in [1.29, 1.82) is 0 Å². The number of carbonyl (C=O) groups excluding carboxylic acids is 3. The second kappa shape index (κ2) is 7.98. The molecule has 3 heterocycles. The third-order valence-corrected chi connectivity index (χ3v) is 7.49. The molecule has 2 N–H and O–H groups in total. The average Bonchev–Trinajstić information content (AvgIpc) is 3.35. The van der Waals surface area contributed by atoms with Crippen LogP contribution in [0.15, 0.2) is 53.7 Å². The van der Waals surface area contributed by atoms with Crippen molar-refractivity contribution in [3.05, 3.63) is 48.5 Å². The maximum atomic E-state index is 12.9. The standard InChI is InChI=1S/C24H22N6O3S/c31-19(28-30-21(32)24(27-22(30)33)12-6-1-7-13-24)14-34-23-26-16-9-3-2-8-15(16)20-25-17-10-4-5-11-18(17)29(20)23/h2-5,8-11H,1,6-7,12-14H2,(H,27,33)(H,28,31). The molecule has 10 heteroatoms. The van der Waals surface area contributed by atoms with Gasteiger partial charge in [-0.15, -0.1) is 0 Å². The molecule has 4 aromatic rings. The summed E-state index contributed by atoms with van der Waals surface area (Å²) in [5, 5.41) is 5.17. The molecule has 1 saturated heterocycles. The zero-order valence-electron chi connectivity index (χ0n) is 18.3. The van der Waals surface area contributed by atoms with Crippen molar-refractivity contribution >= 4 is 57.2 Å². The predicted octanol–water partition coefficient (Wildman–Crippen LogP) is 3.41. The molecule has 34 heavy (non-hydrogen) atoms. The van der Waals surface area contributed by atoms with Gasteiger partial charge in [0.15, 0.2) is 5.16 Å². The summed E-state index contributed by atoms with van der Waals surface area (Å²) in [7, 11) is 0. The number of imide groups is 1. The number of fused-ring (bicyclic) bond motifs is 5. The highest BCUT2D eigenvalue weighted by molar-refractivity contribution is 7.99. The van der Waals surface area contributed by atoms with Crippen LogP contribution in [-0.2, 0) is 9.59 Å². The topological polar surface area (TPSA) is 109 Å². The molecule has 1 spiro atoms. The lowest BCUT2D eigenvalue weighted by atomic mass is 9.82. The molecule has 172 valence electrons. The summed E-state index contributed by atoms with van der Waals surface area (Å²) >= 11 is 1.24. The number of rotatable bonds is 4. The van der Waals surface area contributed by atoms with Gasteiger partial charge in [0.1, 0.15) is 11.2 Å². The Labute approximate surface area is 198 Å². The second-order valence-electron chi connectivity index (χ2n) is 8.71. The van der Waals surface area contributed by atoms with E-state index in [1.807, 2.05) is 52.9 Å². The Hall–Kier alpha value is -3.66. The Morgan fingerprint density at radius 2 is 1.74 bits per heavy atom. The van der Waals surface area contributed by atoms with E-state index in [2.05, 4.69) is 10.7 Å². The number of hydrogen-bond acceptors (Lipinski definition) is 6. The Kier molecular flexibility index (Phi) is 4.91. The predicted molar refractivity (Wildman–Crippen MR) is 128 cm³/mol. The summed E-state index contributed by atoms with van der Waals surface area (Å²) in [6, 6.07) is 14.9. The SMILES string of the molecule is O=C(CSc1nc2ccccc2c2nc3ccccc3n12)NN1C(=O)NC2(CCCCC2)C1=O. The number of benzene rings is 2. The van der Waals surface area contributed by atoms with Crippen molar-refractivity contribution in [3.63, 3.8) is 0 Å². The first-order valence-corrected chi connectivity index (χ1v) is 12.3. The van der Waals surface area contributed by atoms with Gasteiger partial charge in [0, 0.05) is 5.39 Å². The molecular weight excluding hydrogens is 452 g/mol. The summed E-state index contributed by atoms with van der Waals surface area (Å²) in [6.07, 6.45) is 4.01. The molecule has 0 radical (unpaired) electrons. The van der Waals surface area contributed by atoms with Gasteiger partial charge >= 0.3 is 6.03 Å². The highest BCUT2D eigenvalue weighted by Crippen LogP contribution is 2.33. The second-order valence-corrected chi connectivity index (χ2v) is 9.65. The number of hydrogen-bond donors (Lipinski definition) is 2. The Bertz CT molecular complexity index is 1480. The van der Waals surface area contributed by atoms with Gasteiger partial charge in [0.25, 0.3) is 5.91 Å². The molecule has 6 rings (SSSR count). The summed E-state index contributed by atoms with van der Waals surface area (Å²) in [5.41, 5.74) is 4.90. The lowest BCUT2D eigenvalue weighted by Crippen LogP contribution is -2.51. The van der Waals surface area contributed by atoms with E-state index in [1.54, 1.807) is 0 Å². The van der Waals surface area contributed by atoms with E-state index in [0.29, 0.717) is 18.0 Å². The van der Waals surface area contributed by atoms with Crippen LogP contribution in [0.5, 0.6) is 0 Å². The number of aromatic nitrogens is 3. The summed E-state index contributed by atoms with van der Waals surface area (Å²) in [4.78, 5) is 47.7. The van der Waals surface area contributed by atoms with E-state index in [9.17, 15) is 14.4 Å². The van der Waals surface area contributed by atoms with Crippen LogP contribution in [0.3, 0.4) is 0 Å². The zero-order chi connectivity index (χ0) is 23.3.